The lowest BCUT2D eigenvalue weighted by Gasteiger charge is -2.06. The number of hydrogen-bond donors (Lipinski definition) is 1. The molecule has 0 aromatic heterocycles. The molecule has 2 aromatic rings. The van der Waals surface area contributed by atoms with Crippen molar-refractivity contribution in [3.63, 3.8) is 0 Å². The molecule has 0 atom stereocenters. The number of nitrogens with zero attached hydrogens (tertiary/aromatic N) is 2. The number of hydrogen-bond acceptors (Lipinski definition) is 4. The van der Waals surface area contributed by atoms with Gasteiger partial charge in [0.15, 0.2) is 0 Å². The van der Waals surface area contributed by atoms with E-state index in [4.69, 9.17) is 15.3 Å². The second-order valence-corrected chi connectivity index (χ2v) is 4.04. The van der Waals surface area contributed by atoms with Crippen molar-refractivity contribution in [1.29, 1.82) is 10.5 Å². The molecule has 0 aliphatic carbocycles. The largest absolute Gasteiger partial charge is 0.457 e. The van der Waals surface area contributed by atoms with E-state index in [1.807, 2.05) is 24.3 Å². The number of benzene rings is 2. The van der Waals surface area contributed by atoms with Crippen molar-refractivity contribution in [2.45, 2.75) is 12.3 Å². The quantitative estimate of drug-likeness (QED) is 0.832. The van der Waals surface area contributed by atoms with Gasteiger partial charge in [0.2, 0.25) is 0 Å². The highest BCUT2D eigenvalue weighted by atomic mass is 32.1. The summed E-state index contributed by atoms with van der Waals surface area (Å²) in [5.74, 6) is 1.18. The van der Waals surface area contributed by atoms with E-state index in [0.717, 1.165) is 4.90 Å². The normalized spacial score (nSPS) is 8.79. The Kier molecular flexibility index (Phi) is 5.00. The highest BCUT2D eigenvalue weighted by molar-refractivity contribution is 7.80. The van der Waals surface area contributed by atoms with Crippen molar-refractivity contribution < 1.29 is 4.74 Å². The van der Waals surface area contributed by atoms with E-state index in [0.29, 0.717) is 22.6 Å². The van der Waals surface area contributed by atoms with Crippen LogP contribution in [0.1, 0.15) is 18.6 Å². The first kappa shape index (κ1) is 14.6. The maximum atomic E-state index is 8.91. The number of nitriles is 2. The highest BCUT2D eigenvalue weighted by Gasteiger charge is 2.04. The molecule has 0 aliphatic heterocycles. The predicted octanol–water partition coefficient (Wildman–Crippen LogP) is 4.15. The molecule has 94 valence electrons. The molecule has 0 spiro atoms. The van der Waals surface area contributed by atoms with Crippen LogP contribution in [0.3, 0.4) is 0 Å². The monoisotopic (exact) mass is 268 g/mol. The summed E-state index contributed by atoms with van der Waals surface area (Å²) in [6.45, 7) is 0. The second kappa shape index (κ2) is 6.49. The molecule has 2 aromatic carbocycles. The first-order chi connectivity index (χ1) is 8.72. The van der Waals surface area contributed by atoms with Crippen LogP contribution >= 0.6 is 12.6 Å². The molecular weight excluding hydrogens is 256 g/mol. The summed E-state index contributed by atoms with van der Waals surface area (Å²) >= 11 is 4.18. The minimum absolute atomic E-state index is 0. The Morgan fingerprint density at radius 3 is 2.00 bits per heavy atom. The summed E-state index contributed by atoms with van der Waals surface area (Å²) < 4.78 is 5.58. The Morgan fingerprint density at radius 2 is 1.42 bits per heavy atom. The van der Waals surface area contributed by atoms with Crippen LogP contribution in [-0.4, -0.2) is 0 Å². The number of rotatable bonds is 2. The van der Waals surface area contributed by atoms with E-state index < -0.39 is 0 Å². The summed E-state index contributed by atoms with van der Waals surface area (Å²) in [4.78, 5) is 0.847. The van der Waals surface area contributed by atoms with Gasteiger partial charge >= 0.3 is 0 Å². The maximum Gasteiger partial charge on any atom is 0.128 e. The maximum absolute atomic E-state index is 8.91. The molecule has 0 amide bonds. The molecular formula is C15H12N2OS. The zero-order chi connectivity index (χ0) is 13.0. The Labute approximate surface area is 118 Å². The van der Waals surface area contributed by atoms with Crippen molar-refractivity contribution in [1.82, 2.24) is 0 Å². The lowest BCUT2D eigenvalue weighted by molar-refractivity contribution is 0.482. The van der Waals surface area contributed by atoms with Gasteiger partial charge in [0.25, 0.3) is 0 Å². The summed E-state index contributed by atoms with van der Waals surface area (Å²) in [6, 6.07) is 15.9. The fourth-order valence-electron chi connectivity index (χ4n) is 1.43. The third-order valence-electron chi connectivity index (χ3n) is 2.30. The molecule has 19 heavy (non-hydrogen) atoms. The van der Waals surface area contributed by atoms with Crippen LogP contribution in [0.25, 0.3) is 0 Å². The molecule has 0 N–H and O–H groups in total. The topological polar surface area (TPSA) is 56.8 Å². The molecule has 0 fully saturated rings. The van der Waals surface area contributed by atoms with Crippen LogP contribution in [0.2, 0.25) is 0 Å². The molecule has 2 rings (SSSR count). The fourth-order valence-corrected chi connectivity index (χ4v) is 1.58. The van der Waals surface area contributed by atoms with Crippen LogP contribution in [-0.2, 0) is 0 Å². The Bertz CT molecular complexity index is 651. The number of ether oxygens (including phenoxy) is 1. The van der Waals surface area contributed by atoms with E-state index in [2.05, 4.69) is 12.6 Å². The van der Waals surface area contributed by atoms with Crippen LogP contribution in [0.4, 0.5) is 0 Å². The van der Waals surface area contributed by atoms with Gasteiger partial charge in [-0.2, -0.15) is 10.5 Å². The van der Waals surface area contributed by atoms with Crippen LogP contribution < -0.4 is 4.74 Å². The SMILES string of the molecule is C.N#Cc1ccc(Oc2ccc(S)cc2)cc1C#N. The minimum Gasteiger partial charge on any atom is -0.457 e. The highest BCUT2D eigenvalue weighted by Crippen LogP contribution is 2.24. The van der Waals surface area contributed by atoms with Crippen LogP contribution in [0.5, 0.6) is 11.5 Å². The zero-order valence-corrected chi connectivity index (χ0v) is 10.2. The van der Waals surface area contributed by atoms with Crippen LogP contribution in [0, 0.1) is 22.7 Å². The average Bonchev–Trinajstić information content (AvgIpc) is 2.41. The average molecular weight is 268 g/mol. The standard InChI is InChI=1S/C14H8N2OS.CH4/c15-8-10-1-2-13(7-11(10)9-16)17-12-3-5-14(18)6-4-12;/h1-7,18H;1H4. The third-order valence-corrected chi connectivity index (χ3v) is 2.60. The van der Waals surface area contributed by atoms with Crippen molar-refractivity contribution in [2.24, 2.45) is 0 Å². The summed E-state index contributed by atoms with van der Waals surface area (Å²) in [6.07, 6.45) is 0. The molecule has 0 saturated carbocycles. The number of thiol groups is 1. The first-order valence-corrected chi connectivity index (χ1v) is 5.59. The van der Waals surface area contributed by atoms with E-state index in [1.165, 1.54) is 0 Å². The molecule has 0 aliphatic rings. The summed E-state index contributed by atoms with van der Waals surface area (Å²) in [5.41, 5.74) is 0.649. The Balaban J connectivity index is 0.00000180. The first-order valence-electron chi connectivity index (χ1n) is 5.14. The molecule has 3 nitrogen and oxygen atoms in total. The molecule has 0 radical (unpaired) electrons. The molecule has 0 bridgehead atoms. The van der Waals surface area contributed by atoms with Crippen molar-refractivity contribution in [2.75, 3.05) is 0 Å². The van der Waals surface area contributed by atoms with Crippen molar-refractivity contribution in [3.05, 3.63) is 53.6 Å². The molecule has 0 saturated heterocycles. The zero-order valence-electron chi connectivity index (χ0n) is 9.29. The van der Waals surface area contributed by atoms with Crippen molar-refractivity contribution >= 4 is 12.6 Å². The molecule has 0 unspecified atom stereocenters. The predicted molar refractivity (Wildman–Crippen MR) is 76.4 cm³/mol. The summed E-state index contributed by atoms with van der Waals surface area (Å²) in [7, 11) is 0. The van der Waals surface area contributed by atoms with Gasteiger partial charge < -0.3 is 4.74 Å². The van der Waals surface area contributed by atoms with Gasteiger partial charge in [0, 0.05) is 4.90 Å². The smallest absolute Gasteiger partial charge is 0.128 e. The van der Waals surface area contributed by atoms with E-state index in [9.17, 15) is 0 Å². The Morgan fingerprint density at radius 1 is 0.842 bits per heavy atom. The van der Waals surface area contributed by atoms with E-state index in [-0.39, 0.29) is 7.43 Å². The second-order valence-electron chi connectivity index (χ2n) is 3.53. The Hall–Kier alpha value is -2.43. The third kappa shape index (κ3) is 3.51. The minimum atomic E-state index is 0. The van der Waals surface area contributed by atoms with Gasteiger partial charge in [-0.25, -0.2) is 0 Å². The van der Waals surface area contributed by atoms with Crippen LogP contribution in [0.15, 0.2) is 47.4 Å². The van der Waals surface area contributed by atoms with Gasteiger partial charge in [-0.3, -0.25) is 0 Å². The van der Waals surface area contributed by atoms with Gasteiger partial charge in [-0.15, -0.1) is 12.6 Å². The lowest BCUT2D eigenvalue weighted by atomic mass is 10.1. The van der Waals surface area contributed by atoms with E-state index in [1.54, 1.807) is 30.3 Å². The van der Waals surface area contributed by atoms with Gasteiger partial charge in [-0.1, -0.05) is 7.43 Å². The summed E-state index contributed by atoms with van der Waals surface area (Å²) in [5, 5.41) is 17.7. The van der Waals surface area contributed by atoms with Crippen molar-refractivity contribution in [3.8, 4) is 23.6 Å². The molecule has 4 heteroatoms. The lowest BCUT2D eigenvalue weighted by Crippen LogP contribution is -1.88. The van der Waals surface area contributed by atoms with Gasteiger partial charge in [0.1, 0.15) is 23.6 Å². The van der Waals surface area contributed by atoms with Gasteiger partial charge in [-0.05, 0) is 42.5 Å². The van der Waals surface area contributed by atoms with E-state index >= 15 is 0 Å². The fraction of sp³-hybridized carbons (Fsp3) is 0.0667. The molecule has 0 heterocycles. The van der Waals surface area contributed by atoms with Gasteiger partial charge in [0.05, 0.1) is 11.1 Å².